The lowest BCUT2D eigenvalue weighted by Gasteiger charge is -2.07. The van der Waals surface area contributed by atoms with Gasteiger partial charge in [-0.05, 0) is 18.3 Å². The number of ether oxygens (including phenoxy) is 1. The number of aromatic amines is 1. The minimum atomic E-state index is -0.533. The number of nitrogens with zero attached hydrogens (tertiary/aromatic N) is 1. The Kier molecular flexibility index (Phi) is 2.84. The SMILES string of the molecule is COC(=O)c1cc2[nH]c(=S)n(C)c2c(Cl)c1N. The number of nitrogens with two attached hydrogens (primary N) is 1. The van der Waals surface area contributed by atoms with Gasteiger partial charge in [-0.25, -0.2) is 4.79 Å². The molecule has 1 heterocycles. The molecule has 0 bridgehead atoms. The van der Waals surface area contributed by atoms with Crippen molar-refractivity contribution in [3.63, 3.8) is 0 Å². The van der Waals surface area contributed by atoms with E-state index in [1.54, 1.807) is 17.7 Å². The summed E-state index contributed by atoms with van der Waals surface area (Å²) in [5.41, 5.74) is 7.54. The number of aromatic nitrogens is 2. The molecule has 17 heavy (non-hydrogen) atoms. The van der Waals surface area contributed by atoms with Gasteiger partial charge in [0.05, 0.1) is 34.4 Å². The van der Waals surface area contributed by atoms with Gasteiger partial charge in [0.15, 0.2) is 4.77 Å². The van der Waals surface area contributed by atoms with E-state index >= 15 is 0 Å². The molecule has 0 fully saturated rings. The number of methoxy groups -OCH3 is 1. The molecule has 2 rings (SSSR count). The van der Waals surface area contributed by atoms with E-state index in [0.29, 0.717) is 15.8 Å². The molecule has 0 unspecified atom stereocenters. The minimum absolute atomic E-state index is 0.190. The number of rotatable bonds is 1. The predicted molar refractivity (Wildman–Crippen MR) is 68.9 cm³/mol. The van der Waals surface area contributed by atoms with E-state index < -0.39 is 5.97 Å². The van der Waals surface area contributed by atoms with E-state index in [0.717, 1.165) is 0 Å². The van der Waals surface area contributed by atoms with Crippen LogP contribution in [0.15, 0.2) is 6.07 Å². The zero-order valence-corrected chi connectivity index (χ0v) is 10.8. The largest absolute Gasteiger partial charge is 0.465 e. The molecule has 0 aliphatic carbocycles. The Labute approximate surface area is 107 Å². The van der Waals surface area contributed by atoms with Crippen LogP contribution in [0.3, 0.4) is 0 Å². The van der Waals surface area contributed by atoms with Gasteiger partial charge in [-0.1, -0.05) is 11.6 Å². The molecule has 7 heteroatoms. The predicted octanol–water partition coefficient (Wildman–Crippen LogP) is 2.26. The van der Waals surface area contributed by atoms with Gasteiger partial charge in [-0.2, -0.15) is 0 Å². The lowest BCUT2D eigenvalue weighted by molar-refractivity contribution is 0.0602. The van der Waals surface area contributed by atoms with E-state index in [1.165, 1.54) is 7.11 Å². The van der Waals surface area contributed by atoms with Gasteiger partial charge >= 0.3 is 5.97 Å². The van der Waals surface area contributed by atoms with Gasteiger partial charge in [-0.15, -0.1) is 0 Å². The number of anilines is 1. The summed E-state index contributed by atoms with van der Waals surface area (Å²) in [6.45, 7) is 0. The van der Waals surface area contributed by atoms with Crippen molar-refractivity contribution in [1.82, 2.24) is 9.55 Å². The monoisotopic (exact) mass is 271 g/mol. The van der Waals surface area contributed by atoms with Crippen molar-refractivity contribution in [2.24, 2.45) is 7.05 Å². The van der Waals surface area contributed by atoms with Gasteiger partial charge in [0.2, 0.25) is 0 Å². The van der Waals surface area contributed by atoms with E-state index in [9.17, 15) is 4.79 Å². The number of benzene rings is 1. The molecule has 3 N–H and O–H groups in total. The molecule has 0 spiro atoms. The summed E-state index contributed by atoms with van der Waals surface area (Å²) in [5, 5.41) is 0.290. The van der Waals surface area contributed by atoms with Crippen LogP contribution in [0.4, 0.5) is 5.69 Å². The highest BCUT2D eigenvalue weighted by Crippen LogP contribution is 2.32. The normalized spacial score (nSPS) is 10.8. The molecular weight excluding hydrogens is 262 g/mol. The number of carbonyl (C=O) groups is 1. The second kappa shape index (κ2) is 4.05. The van der Waals surface area contributed by atoms with Crippen molar-refractivity contribution in [3.05, 3.63) is 21.4 Å². The number of carbonyl (C=O) groups excluding carboxylic acids is 1. The van der Waals surface area contributed by atoms with Crippen molar-refractivity contribution in [2.45, 2.75) is 0 Å². The summed E-state index contributed by atoms with van der Waals surface area (Å²) in [6, 6.07) is 1.58. The molecular formula is C10H10ClN3O2S. The summed E-state index contributed by atoms with van der Waals surface area (Å²) < 4.78 is 6.84. The summed E-state index contributed by atoms with van der Waals surface area (Å²) in [4.78, 5) is 14.5. The molecule has 2 aromatic rings. The third-order valence-electron chi connectivity index (χ3n) is 2.57. The minimum Gasteiger partial charge on any atom is -0.465 e. The maximum Gasteiger partial charge on any atom is 0.340 e. The second-order valence-corrected chi connectivity index (χ2v) is 4.29. The summed E-state index contributed by atoms with van der Waals surface area (Å²) in [7, 11) is 3.05. The van der Waals surface area contributed by atoms with Crippen LogP contribution >= 0.6 is 23.8 Å². The maximum atomic E-state index is 11.5. The zero-order valence-electron chi connectivity index (χ0n) is 9.20. The molecule has 0 amide bonds. The van der Waals surface area contributed by atoms with Crippen LogP contribution in [0.1, 0.15) is 10.4 Å². The number of hydrogen-bond acceptors (Lipinski definition) is 4. The van der Waals surface area contributed by atoms with E-state index in [2.05, 4.69) is 9.72 Å². The highest BCUT2D eigenvalue weighted by atomic mass is 35.5. The standard InChI is InChI=1S/C10H10ClN3O2S/c1-14-8-5(13-10(14)17)3-4(9(15)16-2)7(12)6(8)11/h3H,12H2,1-2H3,(H,13,17). The summed E-state index contributed by atoms with van der Waals surface area (Å²) in [6.07, 6.45) is 0. The van der Waals surface area contributed by atoms with Crippen LogP contribution in [0, 0.1) is 4.77 Å². The Balaban J connectivity index is 2.89. The average molecular weight is 272 g/mol. The summed E-state index contributed by atoms with van der Waals surface area (Å²) >= 11 is 11.2. The smallest absolute Gasteiger partial charge is 0.340 e. The van der Waals surface area contributed by atoms with Crippen LogP contribution in [0.5, 0.6) is 0 Å². The molecule has 0 aliphatic rings. The number of H-pyrrole nitrogens is 1. The topological polar surface area (TPSA) is 73.0 Å². The maximum absolute atomic E-state index is 11.5. The molecule has 5 nitrogen and oxygen atoms in total. The fourth-order valence-electron chi connectivity index (χ4n) is 1.66. The van der Waals surface area contributed by atoms with Crippen LogP contribution < -0.4 is 5.73 Å². The Morgan fingerprint density at radius 2 is 2.29 bits per heavy atom. The van der Waals surface area contributed by atoms with Gasteiger partial charge in [0.25, 0.3) is 0 Å². The first kappa shape index (κ1) is 11.9. The van der Waals surface area contributed by atoms with Crippen molar-refractivity contribution in [2.75, 3.05) is 12.8 Å². The third kappa shape index (κ3) is 1.69. The molecule has 0 aliphatic heterocycles. The number of hydrogen-bond donors (Lipinski definition) is 2. The van der Waals surface area contributed by atoms with Gasteiger partial charge < -0.3 is 20.0 Å². The fraction of sp³-hybridized carbons (Fsp3) is 0.200. The quantitative estimate of drug-likeness (QED) is 0.474. The first-order valence-corrected chi connectivity index (χ1v) is 5.51. The number of esters is 1. The Bertz CT molecular complexity index is 674. The molecule has 0 radical (unpaired) electrons. The Hall–Kier alpha value is -1.53. The Morgan fingerprint density at radius 3 is 2.88 bits per heavy atom. The van der Waals surface area contributed by atoms with Crippen LogP contribution in [-0.4, -0.2) is 22.6 Å². The molecule has 0 atom stereocenters. The Morgan fingerprint density at radius 1 is 1.65 bits per heavy atom. The van der Waals surface area contributed by atoms with E-state index in [4.69, 9.17) is 29.6 Å². The molecule has 0 saturated carbocycles. The zero-order chi connectivity index (χ0) is 12.7. The summed E-state index contributed by atoms with van der Waals surface area (Å²) in [5.74, 6) is -0.533. The fourth-order valence-corrected chi connectivity index (χ4v) is 2.19. The first-order valence-electron chi connectivity index (χ1n) is 4.72. The van der Waals surface area contributed by atoms with Crippen molar-refractivity contribution in [3.8, 4) is 0 Å². The molecule has 0 saturated heterocycles. The van der Waals surface area contributed by atoms with Crippen LogP contribution in [0.25, 0.3) is 11.0 Å². The number of aryl methyl sites for hydroxylation is 1. The lowest BCUT2D eigenvalue weighted by Crippen LogP contribution is -2.06. The number of nitrogens with one attached hydrogen (secondary N) is 1. The second-order valence-electron chi connectivity index (χ2n) is 3.53. The molecule has 1 aromatic heterocycles. The first-order chi connectivity index (χ1) is 7.97. The highest BCUT2D eigenvalue weighted by molar-refractivity contribution is 7.71. The molecule has 1 aromatic carbocycles. The highest BCUT2D eigenvalue weighted by Gasteiger charge is 2.18. The third-order valence-corrected chi connectivity index (χ3v) is 3.32. The van der Waals surface area contributed by atoms with Crippen LogP contribution in [-0.2, 0) is 11.8 Å². The van der Waals surface area contributed by atoms with Gasteiger partial charge in [0.1, 0.15) is 0 Å². The average Bonchev–Trinajstić information content (AvgIpc) is 2.59. The van der Waals surface area contributed by atoms with E-state index in [-0.39, 0.29) is 16.3 Å². The van der Waals surface area contributed by atoms with Gasteiger partial charge in [-0.3, -0.25) is 0 Å². The van der Waals surface area contributed by atoms with E-state index in [1.807, 2.05) is 0 Å². The van der Waals surface area contributed by atoms with Crippen molar-refractivity contribution < 1.29 is 9.53 Å². The lowest BCUT2D eigenvalue weighted by atomic mass is 10.1. The number of halogens is 1. The number of nitrogen functional groups attached to an aromatic ring is 1. The molecule has 90 valence electrons. The van der Waals surface area contributed by atoms with Gasteiger partial charge in [0, 0.05) is 7.05 Å². The van der Waals surface area contributed by atoms with Crippen molar-refractivity contribution >= 4 is 46.5 Å². The van der Waals surface area contributed by atoms with Crippen LogP contribution in [0.2, 0.25) is 5.02 Å². The van der Waals surface area contributed by atoms with Crippen molar-refractivity contribution in [1.29, 1.82) is 0 Å². The number of fused-ring (bicyclic) bond motifs is 1. The number of imidazole rings is 1.